The van der Waals surface area contributed by atoms with Gasteiger partial charge >= 0.3 is 0 Å². The van der Waals surface area contributed by atoms with E-state index in [2.05, 4.69) is 17.2 Å². The highest BCUT2D eigenvalue weighted by molar-refractivity contribution is 8.18. The number of amides is 1. The summed E-state index contributed by atoms with van der Waals surface area (Å²) in [6.45, 7) is 2.10. The lowest BCUT2D eigenvalue weighted by atomic mass is 10.2. The van der Waals surface area contributed by atoms with Gasteiger partial charge in [0.25, 0.3) is 5.91 Å². The minimum atomic E-state index is -0.207. The Labute approximate surface area is 182 Å². The molecule has 3 aromatic rings. The standard InChI is InChI=1S/C22H16Cl2N2O2S/c1-2-13-3-6-15(7-4-13)25-22-26-21(27)20(29-22)12-16-8-10-19(28-16)17-9-5-14(23)11-18(17)24/h3-12H,2H2,1H3,(H,25,26,27)/b20-12+. The molecule has 2 aromatic carbocycles. The zero-order valence-corrected chi connectivity index (χ0v) is 17.7. The summed E-state index contributed by atoms with van der Waals surface area (Å²) in [5, 5.41) is 4.38. The molecule has 4 rings (SSSR count). The van der Waals surface area contributed by atoms with Crippen molar-refractivity contribution in [2.75, 3.05) is 0 Å². The third-order valence-corrected chi connectivity index (χ3v) is 5.78. The van der Waals surface area contributed by atoms with E-state index in [0.717, 1.165) is 17.7 Å². The van der Waals surface area contributed by atoms with Crippen LogP contribution in [0.5, 0.6) is 0 Å². The maximum Gasteiger partial charge on any atom is 0.264 e. The monoisotopic (exact) mass is 442 g/mol. The first kappa shape index (κ1) is 19.8. The summed E-state index contributed by atoms with van der Waals surface area (Å²) in [4.78, 5) is 17.3. The fraction of sp³-hybridized carbons (Fsp3) is 0.0909. The maximum atomic E-state index is 12.3. The van der Waals surface area contributed by atoms with E-state index in [9.17, 15) is 4.79 Å². The number of halogens is 2. The molecule has 0 unspecified atom stereocenters. The van der Waals surface area contributed by atoms with E-state index < -0.39 is 0 Å². The molecule has 4 nitrogen and oxygen atoms in total. The van der Waals surface area contributed by atoms with Gasteiger partial charge in [-0.25, -0.2) is 4.99 Å². The molecule has 1 fully saturated rings. The first-order chi connectivity index (χ1) is 14.0. The smallest absolute Gasteiger partial charge is 0.264 e. The van der Waals surface area contributed by atoms with Gasteiger partial charge in [-0.15, -0.1) is 0 Å². The van der Waals surface area contributed by atoms with Crippen LogP contribution in [0.4, 0.5) is 5.69 Å². The molecule has 0 atom stereocenters. The van der Waals surface area contributed by atoms with Gasteiger partial charge < -0.3 is 9.73 Å². The number of nitrogens with zero attached hydrogens (tertiary/aromatic N) is 1. The zero-order chi connectivity index (χ0) is 20.4. The first-order valence-electron chi connectivity index (χ1n) is 8.95. The van der Waals surface area contributed by atoms with Crippen molar-refractivity contribution in [1.82, 2.24) is 5.32 Å². The Balaban J connectivity index is 1.53. The summed E-state index contributed by atoms with van der Waals surface area (Å²) < 4.78 is 5.84. The largest absolute Gasteiger partial charge is 0.457 e. The lowest BCUT2D eigenvalue weighted by Gasteiger charge is -2.00. The van der Waals surface area contributed by atoms with Crippen LogP contribution in [0.1, 0.15) is 18.2 Å². The van der Waals surface area contributed by atoms with Gasteiger partial charge in [-0.05, 0) is 66.2 Å². The Kier molecular flexibility index (Phi) is 5.81. The number of aliphatic imine (C=N–C) groups is 1. The van der Waals surface area contributed by atoms with Gasteiger partial charge in [0, 0.05) is 16.7 Å². The van der Waals surface area contributed by atoms with E-state index in [0.29, 0.717) is 31.6 Å². The van der Waals surface area contributed by atoms with Crippen LogP contribution in [-0.2, 0) is 11.2 Å². The molecule has 0 spiro atoms. The van der Waals surface area contributed by atoms with Crippen LogP contribution < -0.4 is 5.32 Å². The molecule has 0 bridgehead atoms. The van der Waals surface area contributed by atoms with Crippen molar-refractivity contribution >= 4 is 57.8 Å². The van der Waals surface area contributed by atoms with Crippen LogP contribution in [0, 0.1) is 0 Å². The number of amidine groups is 1. The minimum absolute atomic E-state index is 0.207. The zero-order valence-electron chi connectivity index (χ0n) is 15.4. The summed E-state index contributed by atoms with van der Waals surface area (Å²) in [7, 11) is 0. The fourth-order valence-electron chi connectivity index (χ4n) is 2.80. The van der Waals surface area contributed by atoms with Crippen LogP contribution in [0.2, 0.25) is 10.0 Å². The van der Waals surface area contributed by atoms with Crippen molar-refractivity contribution in [3.63, 3.8) is 0 Å². The quantitative estimate of drug-likeness (QED) is 0.456. The Bertz CT molecular complexity index is 1130. The Morgan fingerprint density at radius 2 is 1.90 bits per heavy atom. The molecule has 0 saturated carbocycles. The molecular weight excluding hydrogens is 427 g/mol. The number of benzene rings is 2. The molecule has 2 heterocycles. The number of carbonyl (C=O) groups is 1. The molecular formula is C22H16Cl2N2O2S. The van der Waals surface area contributed by atoms with Crippen LogP contribution in [0.15, 0.2) is 68.9 Å². The summed E-state index contributed by atoms with van der Waals surface area (Å²) in [6.07, 6.45) is 2.66. The molecule has 1 aliphatic rings. The van der Waals surface area contributed by atoms with E-state index in [1.165, 1.54) is 17.3 Å². The van der Waals surface area contributed by atoms with E-state index in [1.54, 1.807) is 30.3 Å². The SMILES string of the molecule is CCc1ccc(N=C2NC(=O)/C(=C\c3ccc(-c4ccc(Cl)cc4Cl)o3)S2)cc1. The number of hydrogen-bond acceptors (Lipinski definition) is 4. The number of thioether (sulfide) groups is 1. The average Bonchev–Trinajstić information content (AvgIpc) is 3.29. The fourth-order valence-corrected chi connectivity index (χ4v) is 4.12. The van der Waals surface area contributed by atoms with E-state index in [-0.39, 0.29) is 5.91 Å². The van der Waals surface area contributed by atoms with Gasteiger partial charge in [0.2, 0.25) is 0 Å². The average molecular weight is 443 g/mol. The Morgan fingerprint density at radius 1 is 1.10 bits per heavy atom. The highest BCUT2D eigenvalue weighted by Crippen LogP contribution is 2.33. The first-order valence-corrected chi connectivity index (χ1v) is 10.5. The Morgan fingerprint density at radius 3 is 2.62 bits per heavy atom. The van der Waals surface area contributed by atoms with Crippen molar-refractivity contribution in [2.45, 2.75) is 13.3 Å². The van der Waals surface area contributed by atoms with E-state index in [1.807, 2.05) is 30.3 Å². The van der Waals surface area contributed by atoms with Crippen LogP contribution in [0.3, 0.4) is 0 Å². The van der Waals surface area contributed by atoms with Gasteiger partial charge in [0.15, 0.2) is 5.17 Å². The summed E-state index contributed by atoms with van der Waals surface area (Å²) in [6, 6.07) is 16.8. The van der Waals surface area contributed by atoms with Crippen LogP contribution in [-0.4, -0.2) is 11.1 Å². The molecule has 1 saturated heterocycles. The summed E-state index contributed by atoms with van der Waals surface area (Å²) in [5.74, 6) is 0.949. The van der Waals surface area contributed by atoms with Crippen molar-refractivity contribution in [3.8, 4) is 11.3 Å². The topological polar surface area (TPSA) is 54.6 Å². The second-order valence-electron chi connectivity index (χ2n) is 6.33. The van der Waals surface area contributed by atoms with Gasteiger partial charge in [-0.2, -0.15) is 0 Å². The number of rotatable bonds is 4. The Hall–Kier alpha value is -2.47. The molecule has 1 amide bonds. The van der Waals surface area contributed by atoms with Gasteiger partial charge in [-0.1, -0.05) is 42.3 Å². The molecule has 0 radical (unpaired) electrons. The molecule has 7 heteroatoms. The molecule has 1 aliphatic heterocycles. The van der Waals surface area contributed by atoms with Crippen molar-refractivity contribution in [2.24, 2.45) is 4.99 Å². The summed E-state index contributed by atoms with van der Waals surface area (Å²) in [5.41, 5.74) is 2.78. The summed E-state index contributed by atoms with van der Waals surface area (Å²) >= 11 is 13.5. The second-order valence-corrected chi connectivity index (χ2v) is 8.20. The predicted molar refractivity (Wildman–Crippen MR) is 121 cm³/mol. The number of furan rings is 1. The second kappa shape index (κ2) is 8.49. The number of nitrogens with one attached hydrogen (secondary N) is 1. The van der Waals surface area contributed by atoms with Crippen LogP contribution in [0.25, 0.3) is 17.4 Å². The third-order valence-electron chi connectivity index (χ3n) is 4.32. The highest BCUT2D eigenvalue weighted by atomic mass is 35.5. The molecule has 146 valence electrons. The van der Waals surface area contributed by atoms with Crippen molar-refractivity contribution in [3.05, 3.63) is 80.9 Å². The lowest BCUT2D eigenvalue weighted by molar-refractivity contribution is -0.115. The number of hydrogen-bond donors (Lipinski definition) is 1. The van der Waals surface area contributed by atoms with Crippen molar-refractivity contribution in [1.29, 1.82) is 0 Å². The van der Waals surface area contributed by atoms with E-state index in [4.69, 9.17) is 27.6 Å². The minimum Gasteiger partial charge on any atom is -0.457 e. The van der Waals surface area contributed by atoms with Crippen molar-refractivity contribution < 1.29 is 9.21 Å². The normalized spacial score (nSPS) is 16.6. The maximum absolute atomic E-state index is 12.3. The van der Waals surface area contributed by atoms with Gasteiger partial charge in [-0.3, -0.25) is 4.79 Å². The molecule has 1 aromatic heterocycles. The highest BCUT2D eigenvalue weighted by Gasteiger charge is 2.24. The van der Waals surface area contributed by atoms with Gasteiger partial charge in [0.1, 0.15) is 11.5 Å². The van der Waals surface area contributed by atoms with Crippen LogP contribution >= 0.6 is 35.0 Å². The van der Waals surface area contributed by atoms with E-state index >= 15 is 0 Å². The van der Waals surface area contributed by atoms with Gasteiger partial charge in [0.05, 0.1) is 15.6 Å². The molecule has 29 heavy (non-hydrogen) atoms. The number of aryl methyl sites for hydroxylation is 1. The number of carbonyl (C=O) groups excluding carboxylic acids is 1. The lowest BCUT2D eigenvalue weighted by Crippen LogP contribution is -2.19. The third kappa shape index (κ3) is 4.58. The molecule has 1 N–H and O–H groups in total. The molecule has 0 aliphatic carbocycles. The predicted octanol–water partition coefficient (Wildman–Crippen LogP) is 6.71.